The molecular formula is C20H21N5O2S. The summed E-state index contributed by atoms with van der Waals surface area (Å²) >= 11 is 1.33. The molecule has 0 saturated heterocycles. The highest BCUT2D eigenvalue weighted by molar-refractivity contribution is 7.99. The van der Waals surface area contributed by atoms with E-state index in [-0.39, 0.29) is 11.7 Å². The SMILES string of the molecule is CCn1c(SCC(=O)NN=Cc2cccc(OC)c2)nnc1-c1ccccc1. The molecule has 1 heterocycles. The Labute approximate surface area is 167 Å². The van der Waals surface area contributed by atoms with Crippen LogP contribution >= 0.6 is 11.8 Å². The van der Waals surface area contributed by atoms with Gasteiger partial charge in [-0.3, -0.25) is 4.79 Å². The number of amides is 1. The molecule has 28 heavy (non-hydrogen) atoms. The van der Waals surface area contributed by atoms with Crippen LogP contribution < -0.4 is 10.2 Å². The van der Waals surface area contributed by atoms with Crippen molar-refractivity contribution < 1.29 is 9.53 Å². The highest BCUT2D eigenvalue weighted by Crippen LogP contribution is 2.23. The van der Waals surface area contributed by atoms with Gasteiger partial charge in [-0.2, -0.15) is 5.10 Å². The topological polar surface area (TPSA) is 81.4 Å². The molecule has 1 N–H and O–H groups in total. The summed E-state index contributed by atoms with van der Waals surface area (Å²) in [5.41, 5.74) is 4.36. The maximum Gasteiger partial charge on any atom is 0.250 e. The molecule has 0 spiro atoms. The van der Waals surface area contributed by atoms with Crippen LogP contribution in [-0.2, 0) is 11.3 Å². The van der Waals surface area contributed by atoms with Gasteiger partial charge in [-0.15, -0.1) is 10.2 Å². The standard InChI is InChI=1S/C20H21N5O2S/c1-3-25-19(16-9-5-4-6-10-16)23-24-20(25)28-14-18(26)22-21-13-15-8-7-11-17(12-15)27-2/h4-13H,3,14H2,1-2H3,(H,22,26). The fraction of sp³-hybridized carbons (Fsp3) is 0.200. The number of hydrogen-bond donors (Lipinski definition) is 1. The third-order valence-corrected chi connectivity index (χ3v) is 4.86. The van der Waals surface area contributed by atoms with Crippen molar-refractivity contribution in [3.8, 4) is 17.1 Å². The van der Waals surface area contributed by atoms with Crippen LogP contribution in [0.1, 0.15) is 12.5 Å². The van der Waals surface area contributed by atoms with E-state index < -0.39 is 0 Å². The number of aromatic nitrogens is 3. The number of carbonyl (C=O) groups excluding carboxylic acids is 1. The second kappa shape index (κ2) is 9.70. The highest BCUT2D eigenvalue weighted by Gasteiger charge is 2.14. The number of carbonyl (C=O) groups is 1. The predicted octanol–water partition coefficient (Wildman–Crippen LogP) is 3.22. The number of rotatable bonds is 8. The van der Waals surface area contributed by atoms with E-state index in [1.165, 1.54) is 11.8 Å². The number of nitrogens with one attached hydrogen (secondary N) is 1. The summed E-state index contributed by atoms with van der Waals surface area (Å²) in [4.78, 5) is 12.1. The zero-order valence-electron chi connectivity index (χ0n) is 15.7. The fourth-order valence-corrected chi connectivity index (χ4v) is 3.34. The van der Waals surface area contributed by atoms with E-state index in [2.05, 4.69) is 20.7 Å². The van der Waals surface area contributed by atoms with Gasteiger partial charge in [-0.05, 0) is 24.6 Å². The minimum atomic E-state index is -0.212. The largest absolute Gasteiger partial charge is 0.497 e. The Kier molecular flexibility index (Phi) is 6.80. The van der Waals surface area contributed by atoms with E-state index >= 15 is 0 Å². The maximum atomic E-state index is 12.1. The monoisotopic (exact) mass is 395 g/mol. The number of ether oxygens (including phenoxy) is 1. The molecule has 1 aromatic heterocycles. The van der Waals surface area contributed by atoms with Gasteiger partial charge in [0.25, 0.3) is 5.91 Å². The molecule has 7 nitrogen and oxygen atoms in total. The quantitative estimate of drug-likeness (QED) is 0.360. The molecule has 2 aromatic carbocycles. The van der Waals surface area contributed by atoms with E-state index in [1.54, 1.807) is 13.3 Å². The predicted molar refractivity (Wildman–Crippen MR) is 111 cm³/mol. The first-order valence-corrected chi connectivity index (χ1v) is 9.77. The average Bonchev–Trinajstić information content (AvgIpc) is 3.16. The van der Waals surface area contributed by atoms with Gasteiger partial charge in [-0.25, -0.2) is 5.43 Å². The first-order valence-electron chi connectivity index (χ1n) is 8.78. The van der Waals surface area contributed by atoms with Crippen LogP contribution in [0.5, 0.6) is 5.75 Å². The number of nitrogens with zero attached hydrogens (tertiary/aromatic N) is 4. The van der Waals surface area contributed by atoms with Crippen LogP contribution in [0.2, 0.25) is 0 Å². The lowest BCUT2D eigenvalue weighted by atomic mass is 10.2. The molecule has 0 aliphatic rings. The molecule has 0 unspecified atom stereocenters. The van der Waals surface area contributed by atoms with Crippen molar-refractivity contribution in [2.24, 2.45) is 5.10 Å². The van der Waals surface area contributed by atoms with Crippen molar-refractivity contribution in [1.82, 2.24) is 20.2 Å². The van der Waals surface area contributed by atoms with Crippen molar-refractivity contribution in [2.45, 2.75) is 18.6 Å². The minimum Gasteiger partial charge on any atom is -0.497 e. The Balaban J connectivity index is 1.57. The summed E-state index contributed by atoms with van der Waals surface area (Å²) in [5.74, 6) is 1.51. The van der Waals surface area contributed by atoms with Crippen LogP contribution in [0.3, 0.4) is 0 Å². The van der Waals surface area contributed by atoms with Gasteiger partial charge in [0, 0.05) is 12.1 Å². The van der Waals surface area contributed by atoms with E-state index in [4.69, 9.17) is 4.74 Å². The molecule has 3 rings (SSSR count). The van der Waals surface area contributed by atoms with Crippen LogP contribution in [-0.4, -0.2) is 39.7 Å². The highest BCUT2D eigenvalue weighted by atomic mass is 32.2. The first-order chi connectivity index (χ1) is 13.7. The second-order valence-corrected chi connectivity index (χ2v) is 6.72. The molecule has 0 bridgehead atoms. The lowest BCUT2D eigenvalue weighted by molar-refractivity contribution is -0.118. The molecule has 0 aliphatic heterocycles. The van der Waals surface area contributed by atoms with Crippen LogP contribution in [0.4, 0.5) is 0 Å². The summed E-state index contributed by atoms with van der Waals surface area (Å²) in [5, 5.41) is 13.2. The number of hydrogen-bond acceptors (Lipinski definition) is 6. The summed E-state index contributed by atoms with van der Waals surface area (Å²) in [6, 6.07) is 17.3. The normalized spacial score (nSPS) is 10.9. The van der Waals surface area contributed by atoms with Crippen LogP contribution in [0.25, 0.3) is 11.4 Å². The third kappa shape index (κ3) is 4.98. The lowest BCUT2D eigenvalue weighted by Crippen LogP contribution is -2.20. The van der Waals surface area contributed by atoms with Gasteiger partial charge in [0.1, 0.15) is 5.75 Å². The van der Waals surface area contributed by atoms with Crippen LogP contribution in [0, 0.1) is 0 Å². The molecule has 144 valence electrons. The number of hydrazone groups is 1. The van der Waals surface area contributed by atoms with Crippen molar-refractivity contribution in [2.75, 3.05) is 12.9 Å². The Morgan fingerprint density at radius 3 is 2.79 bits per heavy atom. The van der Waals surface area contributed by atoms with Crippen molar-refractivity contribution >= 4 is 23.9 Å². The Bertz CT molecular complexity index is 956. The van der Waals surface area contributed by atoms with E-state index in [9.17, 15) is 4.79 Å². The Morgan fingerprint density at radius 2 is 2.04 bits per heavy atom. The van der Waals surface area contributed by atoms with Crippen molar-refractivity contribution in [1.29, 1.82) is 0 Å². The van der Waals surface area contributed by atoms with E-state index in [0.29, 0.717) is 5.16 Å². The molecule has 0 saturated carbocycles. The third-order valence-electron chi connectivity index (χ3n) is 3.89. The molecule has 0 atom stereocenters. The van der Waals surface area contributed by atoms with E-state index in [1.807, 2.05) is 66.1 Å². The Hall–Kier alpha value is -3.13. The number of benzene rings is 2. The molecular weight excluding hydrogens is 374 g/mol. The van der Waals surface area contributed by atoms with E-state index in [0.717, 1.165) is 29.2 Å². The van der Waals surface area contributed by atoms with Gasteiger partial charge in [0.2, 0.25) is 0 Å². The van der Waals surface area contributed by atoms with Crippen LogP contribution in [0.15, 0.2) is 64.9 Å². The Morgan fingerprint density at radius 1 is 1.21 bits per heavy atom. The fourth-order valence-electron chi connectivity index (χ4n) is 2.54. The number of thioether (sulfide) groups is 1. The van der Waals surface area contributed by atoms with Crippen molar-refractivity contribution in [3.05, 3.63) is 60.2 Å². The smallest absolute Gasteiger partial charge is 0.250 e. The zero-order chi connectivity index (χ0) is 19.8. The van der Waals surface area contributed by atoms with Gasteiger partial charge in [0.15, 0.2) is 11.0 Å². The molecule has 0 aliphatic carbocycles. The molecule has 0 radical (unpaired) electrons. The molecule has 0 fully saturated rings. The minimum absolute atomic E-state index is 0.197. The summed E-state index contributed by atoms with van der Waals surface area (Å²) in [6.07, 6.45) is 1.58. The van der Waals surface area contributed by atoms with Gasteiger partial charge >= 0.3 is 0 Å². The summed E-state index contributed by atoms with van der Waals surface area (Å²) < 4.78 is 7.15. The van der Waals surface area contributed by atoms with Crippen molar-refractivity contribution in [3.63, 3.8) is 0 Å². The summed E-state index contributed by atoms with van der Waals surface area (Å²) in [6.45, 7) is 2.74. The zero-order valence-corrected chi connectivity index (χ0v) is 16.5. The first kappa shape index (κ1) is 19.6. The average molecular weight is 395 g/mol. The number of methoxy groups -OCH3 is 1. The molecule has 1 amide bonds. The maximum absolute atomic E-state index is 12.1. The lowest BCUT2D eigenvalue weighted by Gasteiger charge is -2.06. The summed E-state index contributed by atoms with van der Waals surface area (Å²) in [7, 11) is 1.60. The van der Waals surface area contributed by atoms with Gasteiger partial charge < -0.3 is 9.30 Å². The van der Waals surface area contributed by atoms with Gasteiger partial charge in [-0.1, -0.05) is 54.2 Å². The second-order valence-electron chi connectivity index (χ2n) is 5.77. The molecule has 3 aromatic rings. The molecule has 8 heteroatoms. The van der Waals surface area contributed by atoms with Gasteiger partial charge in [0.05, 0.1) is 19.1 Å².